The van der Waals surface area contributed by atoms with Crippen molar-refractivity contribution in [3.05, 3.63) is 48.4 Å². The van der Waals surface area contributed by atoms with Gasteiger partial charge in [0.1, 0.15) is 6.10 Å². The fraction of sp³-hybridized carbons (Fsp3) is 0.278. The van der Waals surface area contributed by atoms with Crippen LogP contribution in [-0.4, -0.2) is 33.0 Å². The Bertz CT molecular complexity index is 880. The van der Waals surface area contributed by atoms with Crippen molar-refractivity contribution < 1.29 is 9.53 Å². The monoisotopic (exact) mass is 322 g/mol. The van der Waals surface area contributed by atoms with Gasteiger partial charge in [0.25, 0.3) is 5.91 Å². The molecule has 3 aromatic rings. The number of rotatable bonds is 3. The Kier molecular flexibility index (Phi) is 3.74. The highest BCUT2D eigenvalue weighted by atomic mass is 16.5. The molecule has 1 saturated heterocycles. The lowest BCUT2D eigenvalue weighted by Crippen LogP contribution is -2.26. The van der Waals surface area contributed by atoms with Crippen molar-refractivity contribution in [1.82, 2.24) is 14.4 Å². The fourth-order valence-corrected chi connectivity index (χ4v) is 2.83. The molecule has 0 radical (unpaired) electrons. The topological polar surface area (TPSA) is 68.5 Å². The van der Waals surface area contributed by atoms with Gasteiger partial charge in [-0.2, -0.15) is 0 Å². The number of imidazole rings is 1. The number of amides is 1. The molecule has 1 fully saturated rings. The summed E-state index contributed by atoms with van der Waals surface area (Å²) in [5.74, 6) is 0.605. The largest absolute Gasteiger partial charge is 0.368 e. The van der Waals surface area contributed by atoms with Crippen LogP contribution in [0.5, 0.6) is 0 Å². The first-order chi connectivity index (χ1) is 11.7. The summed E-state index contributed by atoms with van der Waals surface area (Å²) in [6.07, 6.45) is 5.31. The molecule has 1 aliphatic rings. The summed E-state index contributed by atoms with van der Waals surface area (Å²) in [4.78, 5) is 21.0. The first-order valence-corrected chi connectivity index (χ1v) is 8.04. The Morgan fingerprint density at radius 1 is 1.25 bits per heavy atom. The van der Waals surface area contributed by atoms with Gasteiger partial charge < -0.3 is 10.1 Å². The summed E-state index contributed by atoms with van der Waals surface area (Å²) in [6.45, 7) is 2.61. The zero-order valence-corrected chi connectivity index (χ0v) is 13.4. The first-order valence-electron chi connectivity index (χ1n) is 8.04. The van der Waals surface area contributed by atoms with Gasteiger partial charge >= 0.3 is 0 Å². The van der Waals surface area contributed by atoms with Crippen LogP contribution in [0.1, 0.15) is 18.5 Å². The van der Waals surface area contributed by atoms with Gasteiger partial charge in [0.15, 0.2) is 0 Å². The zero-order chi connectivity index (χ0) is 16.5. The molecule has 122 valence electrons. The van der Waals surface area contributed by atoms with E-state index in [0.717, 1.165) is 35.5 Å². The third kappa shape index (κ3) is 2.88. The predicted octanol–water partition coefficient (Wildman–Crippen LogP) is 2.82. The fourth-order valence-electron chi connectivity index (χ4n) is 2.83. The number of benzene rings is 1. The van der Waals surface area contributed by atoms with E-state index in [1.807, 2.05) is 54.0 Å². The van der Waals surface area contributed by atoms with Crippen molar-refractivity contribution >= 4 is 17.4 Å². The number of ether oxygens (including phenoxy) is 1. The SMILES string of the molecule is Cc1ccn2cc(-c3ccc(NC(=O)C4CCCO4)cc3)nc2n1. The van der Waals surface area contributed by atoms with E-state index in [1.54, 1.807) is 0 Å². The van der Waals surface area contributed by atoms with Gasteiger partial charge in [0, 0.05) is 35.9 Å². The first kappa shape index (κ1) is 14.8. The van der Waals surface area contributed by atoms with Crippen molar-refractivity contribution in [2.75, 3.05) is 11.9 Å². The van der Waals surface area contributed by atoms with Crippen LogP contribution in [0.2, 0.25) is 0 Å². The quantitative estimate of drug-likeness (QED) is 0.805. The Morgan fingerprint density at radius 2 is 2.08 bits per heavy atom. The van der Waals surface area contributed by atoms with Crippen LogP contribution in [0, 0.1) is 6.92 Å². The minimum absolute atomic E-state index is 0.0762. The van der Waals surface area contributed by atoms with Crippen molar-refractivity contribution in [2.24, 2.45) is 0 Å². The second-order valence-electron chi connectivity index (χ2n) is 5.97. The second kappa shape index (κ2) is 6.05. The maximum Gasteiger partial charge on any atom is 0.253 e. The molecule has 1 amide bonds. The summed E-state index contributed by atoms with van der Waals surface area (Å²) < 4.78 is 7.29. The number of carbonyl (C=O) groups is 1. The number of nitrogens with one attached hydrogen (secondary N) is 1. The highest BCUT2D eigenvalue weighted by Crippen LogP contribution is 2.22. The summed E-state index contributed by atoms with van der Waals surface area (Å²) >= 11 is 0. The maximum absolute atomic E-state index is 12.1. The molecule has 0 saturated carbocycles. The summed E-state index contributed by atoms with van der Waals surface area (Å²) in [6, 6.07) is 9.59. The molecule has 6 nitrogen and oxygen atoms in total. The number of carbonyl (C=O) groups excluding carboxylic acids is 1. The van der Waals surface area contributed by atoms with Gasteiger partial charge in [-0.05, 0) is 38.0 Å². The number of aryl methyl sites for hydroxylation is 1. The van der Waals surface area contributed by atoms with Gasteiger partial charge in [0.05, 0.1) is 5.69 Å². The van der Waals surface area contributed by atoms with E-state index in [9.17, 15) is 4.79 Å². The molecule has 6 heteroatoms. The Morgan fingerprint density at radius 3 is 2.83 bits per heavy atom. The van der Waals surface area contributed by atoms with Gasteiger partial charge in [0.2, 0.25) is 5.78 Å². The number of fused-ring (bicyclic) bond motifs is 1. The van der Waals surface area contributed by atoms with E-state index in [4.69, 9.17) is 4.74 Å². The summed E-state index contributed by atoms with van der Waals surface area (Å²) in [7, 11) is 0. The lowest BCUT2D eigenvalue weighted by molar-refractivity contribution is -0.124. The molecular formula is C18H18N4O2. The Hall–Kier alpha value is -2.73. The van der Waals surface area contributed by atoms with Crippen LogP contribution in [0.3, 0.4) is 0 Å². The van der Waals surface area contributed by atoms with E-state index in [1.165, 1.54) is 0 Å². The van der Waals surface area contributed by atoms with Crippen molar-refractivity contribution in [2.45, 2.75) is 25.9 Å². The van der Waals surface area contributed by atoms with Gasteiger partial charge in [-0.25, -0.2) is 9.97 Å². The minimum Gasteiger partial charge on any atom is -0.368 e. The van der Waals surface area contributed by atoms with E-state index >= 15 is 0 Å². The van der Waals surface area contributed by atoms with Crippen LogP contribution in [0.25, 0.3) is 17.0 Å². The normalized spacial score (nSPS) is 17.3. The predicted molar refractivity (Wildman–Crippen MR) is 90.8 cm³/mol. The average molecular weight is 322 g/mol. The third-order valence-corrected chi connectivity index (χ3v) is 4.14. The summed E-state index contributed by atoms with van der Waals surface area (Å²) in [5, 5.41) is 2.89. The van der Waals surface area contributed by atoms with Crippen molar-refractivity contribution in [1.29, 1.82) is 0 Å². The molecule has 0 spiro atoms. The number of nitrogens with zero attached hydrogens (tertiary/aromatic N) is 3. The average Bonchev–Trinajstić information content (AvgIpc) is 3.24. The molecular weight excluding hydrogens is 304 g/mol. The molecule has 0 aliphatic carbocycles. The molecule has 1 unspecified atom stereocenters. The lowest BCUT2D eigenvalue weighted by Gasteiger charge is -2.10. The zero-order valence-electron chi connectivity index (χ0n) is 13.4. The second-order valence-corrected chi connectivity index (χ2v) is 5.97. The van der Waals surface area contributed by atoms with Crippen LogP contribution < -0.4 is 5.32 Å². The lowest BCUT2D eigenvalue weighted by atomic mass is 10.1. The number of anilines is 1. The van der Waals surface area contributed by atoms with Crippen LogP contribution in [0.15, 0.2) is 42.7 Å². The van der Waals surface area contributed by atoms with E-state index in [-0.39, 0.29) is 12.0 Å². The van der Waals surface area contributed by atoms with Gasteiger partial charge in [-0.15, -0.1) is 0 Å². The van der Waals surface area contributed by atoms with Crippen molar-refractivity contribution in [3.63, 3.8) is 0 Å². The molecule has 1 aromatic carbocycles. The van der Waals surface area contributed by atoms with Crippen LogP contribution in [-0.2, 0) is 9.53 Å². The number of hydrogen-bond acceptors (Lipinski definition) is 4. The smallest absolute Gasteiger partial charge is 0.253 e. The molecule has 24 heavy (non-hydrogen) atoms. The summed E-state index contributed by atoms with van der Waals surface area (Å²) in [5.41, 5.74) is 3.53. The highest BCUT2D eigenvalue weighted by molar-refractivity contribution is 5.94. The van der Waals surface area contributed by atoms with E-state index in [0.29, 0.717) is 12.4 Å². The highest BCUT2D eigenvalue weighted by Gasteiger charge is 2.23. The Balaban J connectivity index is 1.53. The number of hydrogen-bond donors (Lipinski definition) is 1. The van der Waals surface area contributed by atoms with E-state index < -0.39 is 0 Å². The molecule has 3 heterocycles. The number of aromatic nitrogens is 3. The molecule has 4 rings (SSSR count). The third-order valence-electron chi connectivity index (χ3n) is 4.14. The minimum atomic E-state index is -0.322. The van der Waals surface area contributed by atoms with E-state index in [2.05, 4.69) is 15.3 Å². The van der Waals surface area contributed by atoms with Gasteiger partial charge in [-0.1, -0.05) is 12.1 Å². The van der Waals surface area contributed by atoms with Crippen molar-refractivity contribution in [3.8, 4) is 11.3 Å². The van der Waals surface area contributed by atoms with Gasteiger partial charge in [-0.3, -0.25) is 9.20 Å². The molecule has 2 aromatic heterocycles. The molecule has 1 atom stereocenters. The maximum atomic E-state index is 12.1. The molecule has 0 bridgehead atoms. The standard InChI is InChI=1S/C18H18N4O2/c1-12-8-9-22-11-15(21-18(22)19-12)13-4-6-14(7-5-13)20-17(23)16-3-2-10-24-16/h4-9,11,16H,2-3,10H2,1H3,(H,20,23). The van der Waals surface area contributed by atoms with Crippen LogP contribution in [0.4, 0.5) is 5.69 Å². The van der Waals surface area contributed by atoms with Crippen LogP contribution >= 0.6 is 0 Å². The molecule has 1 aliphatic heterocycles. The Labute approximate surface area is 139 Å². The molecule has 1 N–H and O–H groups in total.